The van der Waals surface area contributed by atoms with Crippen LogP contribution in [0.3, 0.4) is 0 Å². The first-order valence-electron chi connectivity index (χ1n) is 9.79. The average Bonchev–Trinajstić information content (AvgIpc) is 2.75. The number of methoxy groups -OCH3 is 1. The molecule has 2 rings (SSSR count). The molecule has 6 nitrogen and oxygen atoms in total. The van der Waals surface area contributed by atoms with Crippen molar-refractivity contribution in [1.82, 2.24) is 16.0 Å². The molecule has 0 unspecified atom stereocenters. The molecule has 0 radical (unpaired) electrons. The second kappa shape index (κ2) is 12.4. The van der Waals surface area contributed by atoms with Crippen LogP contribution in [-0.2, 0) is 11.8 Å². The van der Waals surface area contributed by atoms with Crippen molar-refractivity contribution in [3.63, 3.8) is 0 Å². The maximum absolute atomic E-state index is 11.8. The van der Waals surface area contributed by atoms with E-state index in [0.717, 1.165) is 36.8 Å². The maximum atomic E-state index is 11.8. The van der Waals surface area contributed by atoms with Crippen LogP contribution in [0.5, 0.6) is 5.75 Å². The van der Waals surface area contributed by atoms with Gasteiger partial charge in [-0.05, 0) is 41.8 Å². The Kier molecular flexibility index (Phi) is 10.7. The predicted molar refractivity (Wildman–Crippen MR) is 134 cm³/mol. The average molecular weight is 524 g/mol. The molecule has 0 aliphatic rings. The van der Waals surface area contributed by atoms with E-state index in [1.165, 1.54) is 5.56 Å². The third kappa shape index (κ3) is 7.51. The molecular weight excluding hydrogens is 491 g/mol. The number of halogens is 1. The van der Waals surface area contributed by atoms with Crippen LogP contribution < -0.4 is 20.7 Å². The molecule has 0 fully saturated rings. The molecule has 3 N–H and O–H groups in total. The molecule has 0 aliphatic carbocycles. The van der Waals surface area contributed by atoms with Gasteiger partial charge in [0.15, 0.2) is 5.96 Å². The molecule has 0 atom stereocenters. The SMILES string of the molecule is CN=C(NCCc1cccc(C(=O)NC)c1)NCC(C)(C)c1ccc(OC)cc1.I. The van der Waals surface area contributed by atoms with Crippen LogP contribution in [-0.4, -0.2) is 46.2 Å². The fourth-order valence-corrected chi connectivity index (χ4v) is 3.01. The quantitative estimate of drug-likeness (QED) is 0.281. The van der Waals surface area contributed by atoms with E-state index in [1.54, 1.807) is 21.2 Å². The first-order chi connectivity index (χ1) is 13.9. The number of rotatable bonds is 8. The lowest BCUT2D eigenvalue weighted by Gasteiger charge is -2.27. The molecule has 2 aromatic carbocycles. The topological polar surface area (TPSA) is 74.8 Å². The van der Waals surface area contributed by atoms with Gasteiger partial charge in [0.1, 0.15) is 5.75 Å². The molecule has 2 aromatic rings. The molecule has 164 valence electrons. The number of carbonyl (C=O) groups is 1. The van der Waals surface area contributed by atoms with Gasteiger partial charge in [0, 0.05) is 38.2 Å². The molecule has 0 saturated heterocycles. The molecule has 0 aromatic heterocycles. The lowest BCUT2D eigenvalue weighted by molar-refractivity contribution is 0.0963. The molecule has 1 amide bonds. The highest BCUT2D eigenvalue weighted by atomic mass is 127. The van der Waals surface area contributed by atoms with Gasteiger partial charge in [-0.3, -0.25) is 9.79 Å². The van der Waals surface area contributed by atoms with Crippen LogP contribution in [0.25, 0.3) is 0 Å². The zero-order valence-corrected chi connectivity index (χ0v) is 20.7. The summed E-state index contributed by atoms with van der Waals surface area (Å²) in [4.78, 5) is 16.1. The van der Waals surface area contributed by atoms with E-state index >= 15 is 0 Å². The van der Waals surface area contributed by atoms with Crippen LogP contribution in [0, 0.1) is 0 Å². The van der Waals surface area contributed by atoms with E-state index in [9.17, 15) is 4.79 Å². The van der Waals surface area contributed by atoms with Crippen molar-refractivity contribution in [3.05, 3.63) is 65.2 Å². The summed E-state index contributed by atoms with van der Waals surface area (Å²) in [5.74, 6) is 1.54. The number of nitrogens with zero attached hydrogens (tertiary/aromatic N) is 1. The number of nitrogens with one attached hydrogen (secondary N) is 3. The summed E-state index contributed by atoms with van der Waals surface area (Å²) in [5, 5.41) is 9.40. The van der Waals surface area contributed by atoms with E-state index in [4.69, 9.17) is 4.74 Å². The lowest BCUT2D eigenvalue weighted by Crippen LogP contribution is -2.44. The van der Waals surface area contributed by atoms with Crippen LogP contribution in [0.15, 0.2) is 53.5 Å². The van der Waals surface area contributed by atoms with E-state index in [1.807, 2.05) is 36.4 Å². The molecule has 0 saturated carbocycles. The van der Waals surface area contributed by atoms with Crippen molar-refractivity contribution in [3.8, 4) is 5.75 Å². The number of carbonyl (C=O) groups excluding carboxylic acids is 1. The van der Waals surface area contributed by atoms with Gasteiger partial charge in [-0.1, -0.05) is 38.1 Å². The number of ether oxygens (including phenoxy) is 1. The summed E-state index contributed by atoms with van der Waals surface area (Å²) >= 11 is 0. The van der Waals surface area contributed by atoms with Gasteiger partial charge < -0.3 is 20.7 Å². The van der Waals surface area contributed by atoms with Crippen molar-refractivity contribution in [1.29, 1.82) is 0 Å². The molecular formula is C23H33IN4O2. The van der Waals surface area contributed by atoms with E-state index in [0.29, 0.717) is 5.56 Å². The van der Waals surface area contributed by atoms with Crippen LogP contribution in [0.1, 0.15) is 35.3 Å². The highest BCUT2D eigenvalue weighted by Crippen LogP contribution is 2.24. The van der Waals surface area contributed by atoms with Crippen molar-refractivity contribution in [2.45, 2.75) is 25.7 Å². The Bertz CT molecular complexity index is 835. The summed E-state index contributed by atoms with van der Waals surface area (Å²) in [7, 11) is 5.08. The largest absolute Gasteiger partial charge is 0.497 e. The van der Waals surface area contributed by atoms with Gasteiger partial charge in [-0.25, -0.2) is 0 Å². The van der Waals surface area contributed by atoms with Gasteiger partial charge in [0.05, 0.1) is 7.11 Å². The second-order valence-electron chi connectivity index (χ2n) is 7.49. The predicted octanol–water partition coefficient (Wildman–Crippen LogP) is 3.36. The van der Waals surface area contributed by atoms with Crippen molar-refractivity contribution >= 4 is 35.8 Å². The van der Waals surface area contributed by atoms with Crippen molar-refractivity contribution in [2.24, 2.45) is 4.99 Å². The number of hydrogen-bond donors (Lipinski definition) is 3. The van der Waals surface area contributed by atoms with E-state index in [-0.39, 0.29) is 35.3 Å². The highest BCUT2D eigenvalue weighted by molar-refractivity contribution is 14.0. The van der Waals surface area contributed by atoms with Gasteiger partial charge in [0.25, 0.3) is 5.91 Å². The Morgan fingerprint density at radius 2 is 1.80 bits per heavy atom. The van der Waals surface area contributed by atoms with Gasteiger partial charge >= 0.3 is 0 Å². The number of benzene rings is 2. The normalized spacial score (nSPS) is 11.3. The number of hydrogen-bond acceptors (Lipinski definition) is 3. The summed E-state index contributed by atoms with van der Waals surface area (Å²) in [6.45, 7) is 5.85. The minimum atomic E-state index is -0.0713. The third-order valence-corrected chi connectivity index (χ3v) is 4.92. The Morgan fingerprint density at radius 1 is 1.10 bits per heavy atom. The van der Waals surface area contributed by atoms with Gasteiger partial charge in [0.2, 0.25) is 0 Å². The fraction of sp³-hybridized carbons (Fsp3) is 0.391. The van der Waals surface area contributed by atoms with Gasteiger partial charge in [-0.15, -0.1) is 24.0 Å². The molecule has 0 spiro atoms. The van der Waals surface area contributed by atoms with Crippen LogP contribution in [0.4, 0.5) is 0 Å². The summed E-state index contributed by atoms with van der Waals surface area (Å²) in [5.41, 5.74) is 2.94. The minimum absolute atomic E-state index is 0. The number of aliphatic imine (C=N–C) groups is 1. The Morgan fingerprint density at radius 3 is 2.40 bits per heavy atom. The van der Waals surface area contributed by atoms with Gasteiger partial charge in [-0.2, -0.15) is 0 Å². The molecule has 0 heterocycles. The molecule has 30 heavy (non-hydrogen) atoms. The summed E-state index contributed by atoms with van der Waals surface area (Å²) < 4.78 is 5.24. The summed E-state index contributed by atoms with van der Waals surface area (Å²) in [6.07, 6.45) is 0.799. The van der Waals surface area contributed by atoms with E-state index in [2.05, 4.69) is 46.9 Å². The zero-order chi connectivity index (χ0) is 21.3. The first-order valence-corrected chi connectivity index (χ1v) is 9.79. The Balaban J connectivity index is 0.00000450. The monoisotopic (exact) mass is 524 g/mol. The van der Waals surface area contributed by atoms with E-state index < -0.39 is 0 Å². The molecule has 0 bridgehead atoms. The second-order valence-corrected chi connectivity index (χ2v) is 7.49. The molecule has 0 aliphatic heterocycles. The lowest BCUT2D eigenvalue weighted by atomic mass is 9.84. The third-order valence-electron chi connectivity index (χ3n) is 4.92. The number of amides is 1. The fourth-order valence-electron chi connectivity index (χ4n) is 3.01. The standard InChI is InChI=1S/C23H32N4O2.HI/c1-23(2,19-9-11-20(29-5)12-10-19)16-27-22(25-4)26-14-13-17-7-6-8-18(15-17)21(28)24-3;/h6-12,15H,13-14,16H2,1-5H3,(H,24,28)(H2,25,26,27);1H. The smallest absolute Gasteiger partial charge is 0.251 e. The molecule has 7 heteroatoms. The first kappa shape index (κ1) is 25.7. The summed E-state index contributed by atoms with van der Waals surface area (Å²) in [6, 6.07) is 15.8. The van der Waals surface area contributed by atoms with Crippen molar-refractivity contribution < 1.29 is 9.53 Å². The van der Waals surface area contributed by atoms with Crippen molar-refractivity contribution in [2.75, 3.05) is 34.3 Å². The van der Waals surface area contributed by atoms with Crippen LogP contribution in [0.2, 0.25) is 0 Å². The highest BCUT2D eigenvalue weighted by Gasteiger charge is 2.21. The Hall–Kier alpha value is -2.29. The number of guanidine groups is 1. The maximum Gasteiger partial charge on any atom is 0.251 e. The zero-order valence-electron chi connectivity index (χ0n) is 18.4. The minimum Gasteiger partial charge on any atom is -0.497 e. The Labute approximate surface area is 196 Å². The van der Waals surface area contributed by atoms with Crippen LogP contribution >= 0.6 is 24.0 Å².